The summed E-state index contributed by atoms with van der Waals surface area (Å²) in [6, 6.07) is 6.93. The van der Waals surface area contributed by atoms with Crippen molar-refractivity contribution >= 4 is 15.9 Å². The molecule has 2 nitrogen and oxygen atoms in total. The van der Waals surface area contributed by atoms with Crippen LogP contribution in [0.25, 0.3) is 0 Å². The molecule has 1 atom stereocenters. The average Bonchev–Trinajstić information content (AvgIpc) is 2.90. The fourth-order valence-electron chi connectivity index (χ4n) is 2.41. The van der Waals surface area contributed by atoms with Gasteiger partial charge in [-0.15, -0.1) is 0 Å². The van der Waals surface area contributed by atoms with E-state index in [1.54, 1.807) is 18.4 Å². The van der Waals surface area contributed by atoms with Crippen molar-refractivity contribution in [2.75, 3.05) is 6.54 Å². The minimum atomic E-state index is -0.207. The Bertz CT molecular complexity index is 567. The number of furan rings is 1. The molecule has 0 bridgehead atoms. The lowest BCUT2D eigenvalue weighted by Gasteiger charge is -2.19. The number of hydrogen-bond acceptors (Lipinski definition) is 2. The molecule has 108 valence electrons. The molecule has 2 aromatic rings. The summed E-state index contributed by atoms with van der Waals surface area (Å²) in [7, 11) is 0. The SMILES string of the molecule is CCNC(Cc1cc(F)ccc1Br)c1ccoc1CC. The second-order valence-electron chi connectivity index (χ2n) is 4.70. The quantitative estimate of drug-likeness (QED) is 0.829. The van der Waals surface area contributed by atoms with Crippen molar-refractivity contribution in [1.82, 2.24) is 5.32 Å². The Morgan fingerprint density at radius 3 is 2.80 bits per heavy atom. The van der Waals surface area contributed by atoms with Crippen molar-refractivity contribution in [3.63, 3.8) is 0 Å². The monoisotopic (exact) mass is 339 g/mol. The van der Waals surface area contributed by atoms with Crippen LogP contribution >= 0.6 is 15.9 Å². The lowest BCUT2D eigenvalue weighted by atomic mass is 9.98. The van der Waals surface area contributed by atoms with Crippen molar-refractivity contribution < 1.29 is 8.81 Å². The van der Waals surface area contributed by atoms with Crippen LogP contribution in [0.3, 0.4) is 0 Å². The molecule has 1 heterocycles. The summed E-state index contributed by atoms with van der Waals surface area (Å²) in [5.74, 6) is 0.782. The number of nitrogens with one attached hydrogen (secondary N) is 1. The molecule has 0 aliphatic rings. The van der Waals surface area contributed by atoms with Crippen LogP contribution in [0.5, 0.6) is 0 Å². The molecule has 1 aromatic carbocycles. The molecule has 4 heteroatoms. The Morgan fingerprint density at radius 1 is 1.30 bits per heavy atom. The van der Waals surface area contributed by atoms with Crippen LogP contribution in [0.15, 0.2) is 39.4 Å². The van der Waals surface area contributed by atoms with Crippen molar-refractivity contribution in [3.05, 3.63) is 57.7 Å². The van der Waals surface area contributed by atoms with Gasteiger partial charge in [-0.1, -0.05) is 29.8 Å². The molecule has 1 N–H and O–H groups in total. The van der Waals surface area contributed by atoms with Crippen LogP contribution in [-0.4, -0.2) is 6.54 Å². The largest absolute Gasteiger partial charge is 0.469 e. The predicted molar refractivity (Wildman–Crippen MR) is 82.3 cm³/mol. The highest BCUT2D eigenvalue weighted by Gasteiger charge is 2.18. The lowest BCUT2D eigenvalue weighted by Crippen LogP contribution is -2.23. The van der Waals surface area contributed by atoms with Crippen molar-refractivity contribution in [2.45, 2.75) is 32.7 Å². The number of hydrogen-bond donors (Lipinski definition) is 1. The van der Waals surface area contributed by atoms with Gasteiger partial charge in [-0.25, -0.2) is 4.39 Å². The topological polar surface area (TPSA) is 25.2 Å². The van der Waals surface area contributed by atoms with Crippen LogP contribution in [-0.2, 0) is 12.8 Å². The van der Waals surface area contributed by atoms with E-state index < -0.39 is 0 Å². The van der Waals surface area contributed by atoms with Crippen LogP contribution in [0.1, 0.15) is 36.8 Å². The minimum absolute atomic E-state index is 0.131. The molecule has 20 heavy (non-hydrogen) atoms. The van der Waals surface area contributed by atoms with Gasteiger partial charge in [0.1, 0.15) is 11.6 Å². The van der Waals surface area contributed by atoms with E-state index in [1.165, 1.54) is 6.07 Å². The van der Waals surface area contributed by atoms with Gasteiger partial charge < -0.3 is 9.73 Å². The molecule has 1 aromatic heterocycles. The fraction of sp³-hybridized carbons (Fsp3) is 0.375. The first kappa shape index (κ1) is 15.3. The zero-order chi connectivity index (χ0) is 14.5. The van der Waals surface area contributed by atoms with Crippen LogP contribution in [0.2, 0.25) is 0 Å². The Kier molecular flexibility index (Phi) is 5.38. The highest BCUT2D eigenvalue weighted by Crippen LogP contribution is 2.27. The van der Waals surface area contributed by atoms with Crippen molar-refractivity contribution in [1.29, 1.82) is 0 Å². The van der Waals surface area contributed by atoms with E-state index >= 15 is 0 Å². The van der Waals surface area contributed by atoms with Gasteiger partial charge in [0.15, 0.2) is 0 Å². The maximum Gasteiger partial charge on any atom is 0.123 e. The van der Waals surface area contributed by atoms with Crippen LogP contribution < -0.4 is 5.32 Å². The third-order valence-corrected chi connectivity index (χ3v) is 4.13. The molecule has 0 fully saturated rings. The zero-order valence-electron chi connectivity index (χ0n) is 11.7. The molecule has 2 rings (SSSR count). The zero-order valence-corrected chi connectivity index (χ0v) is 13.3. The first-order chi connectivity index (χ1) is 9.65. The molecule has 0 aliphatic carbocycles. The molecule has 0 saturated carbocycles. The number of rotatable bonds is 6. The van der Waals surface area contributed by atoms with E-state index in [9.17, 15) is 4.39 Å². The summed E-state index contributed by atoms with van der Waals surface area (Å²) in [4.78, 5) is 0. The van der Waals surface area contributed by atoms with Gasteiger partial charge in [0.25, 0.3) is 0 Å². The summed E-state index contributed by atoms with van der Waals surface area (Å²) in [5.41, 5.74) is 2.12. The first-order valence-corrected chi connectivity index (χ1v) is 7.68. The molecule has 0 spiro atoms. The normalized spacial score (nSPS) is 12.6. The van der Waals surface area contributed by atoms with Gasteiger partial charge in [0, 0.05) is 22.5 Å². The van der Waals surface area contributed by atoms with Gasteiger partial charge in [-0.3, -0.25) is 0 Å². The Hall–Kier alpha value is -1.13. The maximum atomic E-state index is 13.4. The number of aryl methyl sites for hydroxylation is 1. The summed E-state index contributed by atoms with van der Waals surface area (Å²) in [6.45, 7) is 4.99. The first-order valence-electron chi connectivity index (χ1n) is 6.89. The van der Waals surface area contributed by atoms with E-state index in [-0.39, 0.29) is 11.9 Å². The van der Waals surface area contributed by atoms with Gasteiger partial charge in [0.05, 0.1) is 6.26 Å². The van der Waals surface area contributed by atoms with Crippen LogP contribution in [0.4, 0.5) is 4.39 Å². The molecule has 0 amide bonds. The van der Waals surface area contributed by atoms with E-state index in [2.05, 4.69) is 35.1 Å². The van der Waals surface area contributed by atoms with Gasteiger partial charge in [-0.05, 0) is 42.8 Å². The predicted octanol–water partition coefficient (Wildman–Crippen LogP) is 4.64. The highest BCUT2D eigenvalue weighted by molar-refractivity contribution is 9.10. The van der Waals surface area contributed by atoms with Gasteiger partial charge in [0.2, 0.25) is 0 Å². The van der Waals surface area contributed by atoms with E-state index in [4.69, 9.17) is 4.42 Å². The van der Waals surface area contributed by atoms with E-state index in [0.29, 0.717) is 0 Å². The highest BCUT2D eigenvalue weighted by atomic mass is 79.9. The smallest absolute Gasteiger partial charge is 0.123 e. The third kappa shape index (κ3) is 3.49. The molecular weight excluding hydrogens is 321 g/mol. The summed E-state index contributed by atoms with van der Waals surface area (Å²) in [6.07, 6.45) is 3.30. The Balaban J connectivity index is 2.27. The standard InChI is InChI=1S/C16H19BrFNO/c1-3-16-13(7-8-20-16)15(19-4-2)10-11-9-12(18)5-6-14(11)17/h5-9,15,19H,3-4,10H2,1-2H3. The second-order valence-corrected chi connectivity index (χ2v) is 5.56. The maximum absolute atomic E-state index is 13.4. The molecular formula is C16H19BrFNO. The van der Waals surface area contributed by atoms with E-state index in [0.717, 1.165) is 40.7 Å². The number of likely N-dealkylation sites (N-methyl/N-ethyl adjacent to an activating group) is 1. The number of halogens is 2. The average molecular weight is 340 g/mol. The summed E-state index contributed by atoms with van der Waals surface area (Å²) in [5, 5.41) is 3.45. The third-order valence-electron chi connectivity index (χ3n) is 3.36. The van der Waals surface area contributed by atoms with E-state index in [1.807, 2.05) is 6.07 Å². The van der Waals surface area contributed by atoms with Crippen LogP contribution in [0, 0.1) is 5.82 Å². The summed E-state index contributed by atoms with van der Waals surface area (Å²) < 4.78 is 19.9. The molecule has 0 aliphatic heterocycles. The summed E-state index contributed by atoms with van der Waals surface area (Å²) >= 11 is 3.49. The van der Waals surface area contributed by atoms with Crippen molar-refractivity contribution in [2.24, 2.45) is 0 Å². The molecule has 0 saturated heterocycles. The lowest BCUT2D eigenvalue weighted by molar-refractivity contribution is 0.486. The Labute approximate surface area is 127 Å². The Morgan fingerprint density at radius 2 is 2.10 bits per heavy atom. The second kappa shape index (κ2) is 7.04. The van der Waals surface area contributed by atoms with Gasteiger partial charge in [-0.2, -0.15) is 0 Å². The molecule has 0 radical (unpaired) electrons. The van der Waals surface area contributed by atoms with Crippen molar-refractivity contribution in [3.8, 4) is 0 Å². The van der Waals surface area contributed by atoms with Gasteiger partial charge >= 0.3 is 0 Å². The fourth-order valence-corrected chi connectivity index (χ4v) is 2.82. The number of benzene rings is 1. The molecule has 1 unspecified atom stereocenters. The minimum Gasteiger partial charge on any atom is -0.469 e.